The Morgan fingerprint density at radius 2 is 1.86 bits per heavy atom. The number of hydrogen-bond donors (Lipinski definition) is 1. The summed E-state index contributed by atoms with van der Waals surface area (Å²) in [4.78, 5) is 11.4. The Bertz CT molecular complexity index is 804. The maximum absolute atomic E-state index is 11.4. The predicted molar refractivity (Wildman–Crippen MR) is 79.9 cm³/mol. The highest BCUT2D eigenvalue weighted by atomic mass is 16.4. The normalized spacial score (nSPS) is 11.2. The van der Waals surface area contributed by atoms with Gasteiger partial charge in [0.15, 0.2) is 0 Å². The standard InChI is InChI=1S/C16H15N3O2/c1-10(2)11-6-8-12(9-7-11)19-15-13(16(20)21)4-3-5-14(15)17-18-19/h3-10H,1-2H3,(H,20,21). The lowest BCUT2D eigenvalue weighted by Crippen LogP contribution is -2.03. The van der Waals surface area contributed by atoms with E-state index in [1.54, 1.807) is 22.9 Å². The Morgan fingerprint density at radius 3 is 2.48 bits per heavy atom. The number of aromatic nitrogens is 3. The van der Waals surface area contributed by atoms with E-state index < -0.39 is 5.97 Å². The molecule has 0 fully saturated rings. The Labute approximate surface area is 121 Å². The number of aromatic carboxylic acids is 1. The van der Waals surface area contributed by atoms with Crippen LogP contribution in [0.1, 0.15) is 35.7 Å². The van der Waals surface area contributed by atoms with Gasteiger partial charge in [-0.3, -0.25) is 0 Å². The summed E-state index contributed by atoms with van der Waals surface area (Å²) < 4.78 is 1.57. The average Bonchev–Trinajstić information content (AvgIpc) is 2.91. The minimum absolute atomic E-state index is 0.199. The molecule has 106 valence electrons. The van der Waals surface area contributed by atoms with Gasteiger partial charge < -0.3 is 5.11 Å². The van der Waals surface area contributed by atoms with Gasteiger partial charge in [0.25, 0.3) is 0 Å². The number of para-hydroxylation sites is 1. The minimum atomic E-state index is -0.983. The molecule has 0 spiro atoms. The van der Waals surface area contributed by atoms with Crippen molar-refractivity contribution in [3.8, 4) is 5.69 Å². The quantitative estimate of drug-likeness (QED) is 0.800. The second-order valence-corrected chi connectivity index (χ2v) is 5.23. The van der Waals surface area contributed by atoms with Crippen LogP contribution < -0.4 is 0 Å². The van der Waals surface area contributed by atoms with Crippen molar-refractivity contribution in [2.75, 3.05) is 0 Å². The van der Waals surface area contributed by atoms with Crippen LogP contribution >= 0.6 is 0 Å². The molecule has 1 heterocycles. The van der Waals surface area contributed by atoms with E-state index in [2.05, 4.69) is 24.2 Å². The molecule has 0 unspecified atom stereocenters. The molecule has 2 aromatic carbocycles. The van der Waals surface area contributed by atoms with E-state index in [1.165, 1.54) is 5.56 Å². The van der Waals surface area contributed by atoms with E-state index in [4.69, 9.17) is 0 Å². The molecule has 0 saturated heterocycles. The molecule has 0 atom stereocenters. The van der Waals surface area contributed by atoms with Crippen LogP contribution in [0.25, 0.3) is 16.7 Å². The molecule has 0 bridgehead atoms. The summed E-state index contributed by atoms with van der Waals surface area (Å²) in [6, 6.07) is 12.9. The van der Waals surface area contributed by atoms with Crippen LogP contribution in [0.15, 0.2) is 42.5 Å². The Balaban J connectivity index is 2.18. The molecule has 0 aliphatic heterocycles. The summed E-state index contributed by atoms with van der Waals surface area (Å²) in [5.74, 6) is -0.538. The summed E-state index contributed by atoms with van der Waals surface area (Å²) in [6.45, 7) is 4.25. The maximum atomic E-state index is 11.4. The predicted octanol–water partition coefficient (Wildman–Crippen LogP) is 3.24. The first-order chi connectivity index (χ1) is 10.1. The first kappa shape index (κ1) is 13.3. The summed E-state index contributed by atoms with van der Waals surface area (Å²) in [5.41, 5.74) is 3.31. The zero-order chi connectivity index (χ0) is 15.0. The van der Waals surface area contributed by atoms with E-state index >= 15 is 0 Å². The van der Waals surface area contributed by atoms with Crippen molar-refractivity contribution in [3.05, 3.63) is 53.6 Å². The molecule has 0 aliphatic carbocycles. The molecular formula is C16H15N3O2. The fourth-order valence-electron chi connectivity index (χ4n) is 2.33. The van der Waals surface area contributed by atoms with Crippen molar-refractivity contribution in [2.45, 2.75) is 19.8 Å². The number of carbonyl (C=O) groups is 1. The number of benzene rings is 2. The van der Waals surface area contributed by atoms with Gasteiger partial charge in [0.1, 0.15) is 11.0 Å². The zero-order valence-electron chi connectivity index (χ0n) is 11.8. The van der Waals surface area contributed by atoms with Gasteiger partial charge >= 0.3 is 5.97 Å². The molecule has 0 aliphatic rings. The van der Waals surface area contributed by atoms with Crippen LogP contribution in [-0.2, 0) is 0 Å². The molecule has 5 nitrogen and oxygen atoms in total. The van der Waals surface area contributed by atoms with Crippen molar-refractivity contribution in [1.82, 2.24) is 15.0 Å². The Kier molecular flexibility index (Phi) is 3.17. The number of carboxylic acid groups (broad SMARTS) is 1. The third-order valence-electron chi connectivity index (χ3n) is 3.50. The number of hydrogen-bond acceptors (Lipinski definition) is 3. The van der Waals surface area contributed by atoms with Gasteiger partial charge in [-0.15, -0.1) is 5.10 Å². The topological polar surface area (TPSA) is 68.0 Å². The van der Waals surface area contributed by atoms with Crippen LogP contribution in [0.3, 0.4) is 0 Å². The van der Waals surface area contributed by atoms with Crippen LogP contribution in [0.4, 0.5) is 0 Å². The van der Waals surface area contributed by atoms with E-state index in [1.807, 2.05) is 24.3 Å². The van der Waals surface area contributed by atoms with Crippen LogP contribution in [-0.4, -0.2) is 26.1 Å². The third kappa shape index (κ3) is 2.27. The van der Waals surface area contributed by atoms with Crippen molar-refractivity contribution in [2.24, 2.45) is 0 Å². The Hall–Kier alpha value is -2.69. The van der Waals surface area contributed by atoms with E-state index in [-0.39, 0.29) is 5.56 Å². The van der Waals surface area contributed by atoms with Gasteiger partial charge in [0, 0.05) is 0 Å². The fraction of sp³-hybridized carbons (Fsp3) is 0.188. The molecule has 0 saturated carbocycles. The lowest BCUT2D eigenvalue weighted by Gasteiger charge is -2.08. The van der Waals surface area contributed by atoms with Gasteiger partial charge in [-0.2, -0.15) is 0 Å². The number of nitrogens with zero attached hydrogens (tertiary/aromatic N) is 3. The third-order valence-corrected chi connectivity index (χ3v) is 3.50. The SMILES string of the molecule is CC(C)c1ccc(-n2nnc3cccc(C(=O)O)c32)cc1. The highest BCUT2D eigenvalue weighted by Crippen LogP contribution is 2.22. The van der Waals surface area contributed by atoms with E-state index in [0.717, 1.165) is 5.69 Å². The molecule has 3 rings (SSSR count). The van der Waals surface area contributed by atoms with Crippen molar-refractivity contribution >= 4 is 17.0 Å². The first-order valence-electron chi connectivity index (χ1n) is 6.76. The van der Waals surface area contributed by atoms with Gasteiger partial charge in [-0.25, -0.2) is 9.48 Å². The number of fused-ring (bicyclic) bond motifs is 1. The molecule has 3 aromatic rings. The van der Waals surface area contributed by atoms with E-state index in [0.29, 0.717) is 17.0 Å². The number of carboxylic acids is 1. The van der Waals surface area contributed by atoms with Crippen LogP contribution in [0.2, 0.25) is 0 Å². The van der Waals surface area contributed by atoms with Gasteiger partial charge in [-0.1, -0.05) is 37.3 Å². The molecule has 0 amide bonds. The van der Waals surface area contributed by atoms with Gasteiger partial charge in [-0.05, 0) is 35.7 Å². The summed E-state index contributed by atoms with van der Waals surface area (Å²) in [7, 11) is 0. The summed E-state index contributed by atoms with van der Waals surface area (Å²) in [5, 5.41) is 17.5. The van der Waals surface area contributed by atoms with E-state index in [9.17, 15) is 9.90 Å². The minimum Gasteiger partial charge on any atom is -0.478 e. The smallest absolute Gasteiger partial charge is 0.337 e. The van der Waals surface area contributed by atoms with Gasteiger partial charge in [0.2, 0.25) is 0 Å². The van der Waals surface area contributed by atoms with Crippen molar-refractivity contribution in [1.29, 1.82) is 0 Å². The van der Waals surface area contributed by atoms with Crippen molar-refractivity contribution in [3.63, 3.8) is 0 Å². The molecular weight excluding hydrogens is 266 g/mol. The van der Waals surface area contributed by atoms with Crippen LogP contribution in [0.5, 0.6) is 0 Å². The Morgan fingerprint density at radius 1 is 1.14 bits per heavy atom. The molecule has 0 radical (unpaired) electrons. The maximum Gasteiger partial charge on any atom is 0.337 e. The second kappa shape index (κ2) is 5.01. The second-order valence-electron chi connectivity index (χ2n) is 5.23. The largest absolute Gasteiger partial charge is 0.478 e. The highest BCUT2D eigenvalue weighted by molar-refractivity contribution is 6.01. The highest BCUT2D eigenvalue weighted by Gasteiger charge is 2.15. The van der Waals surface area contributed by atoms with Crippen LogP contribution in [0, 0.1) is 0 Å². The average molecular weight is 281 g/mol. The fourth-order valence-corrected chi connectivity index (χ4v) is 2.33. The monoisotopic (exact) mass is 281 g/mol. The zero-order valence-corrected chi connectivity index (χ0v) is 11.8. The molecule has 5 heteroatoms. The lowest BCUT2D eigenvalue weighted by molar-refractivity contribution is 0.0698. The first-order valence-corrected chi connectivity index (χ1v) is 6.76. The van der Waals surface area contributed by atoms with Crippen molar-refractivity contribution < 1.29 is 9.90 Å². The summed E-state index contributed by atoms with van der Waals surface area (Å²) in [6.07, 6.45) is 0. The lowest BCUT2D eigenvalue weighted by atomic mass is 10.0. The molecule has 1 aromatic heterocycles. The van der Waals surface area contributed by atoms with Gasteiger partial charge in [0.05, 0.1) is 11.3 Å². The molecule has 21 heavy (non-hydrogen) atoms. The number of rotatable bonds is 3. The molecule has 1 N–H and O–H groups in total. The summed E-state index contributed by atoms with van der Waals surface area (Å²) >= 11 is 0.